The van der Waals surface area contributed by atoms with E-state index in [9.17, 15) is 18.0 Å². The fraction of sp³-hybridized carbons (Fsp3) is 0.333. The number of halogens is 1. The average molecular weight is 524 g/mol. The van der Waals surface area contributed by atoms with Crippen LogP contribution in [0.2, 0.25) is 5.02 Å². The first-order valence-electron chi connectivity index (χ1n) is 10.5. The van der Waals surface area contributed by atoms with E-state index in [0.717, 1.165) is 16.4 Å². The first-order valence-corrected chi connectivity index (χ1v) is 13.8. The Labute approximate surface area is 208 Å². The number of carbonyl (C=O) groups is 2. The van der Waals surface area contributed by atoms with Crippen LogP contribution < -0.4 is 0 Å². The molecule has 2 aromatic rings. The van der Waals surface area contributed by atoms with E-state index in [4.69, 9.17) is 21.1 Å². The predicted octanol–water partition coefficient (Wildman–Crippen LogP) is 4.16. The second kappa shape index (κ2) is 11.4. The van der Waals surface area contributed by atoms with Crippen LogP contribution in [0.1, 0.15) is 23.6 Å². The Hall–Kier alpha value is -2.33. The summed E-state index contributed by atoms with van der Waals surface area (Å²) in [6.07, 6.45) is 1.69. The largest absolute Gasteiger partial charge is 0.468 e. The molecule has 182 valence electrons. The smallest absolute Gasteiger partial charge is 0.330 e. The van der Waals surface area contributed by atoms with E-state index >= 15 is 0 Å². The van der Waals surface area contributed by atoms with Gasteiger partial charge in [-0.05, 0) is 53.5 Å². The van der Waals surface area contributed by atoms with Gasteiger partial charge in [-0.15, -0.1) is 0 Å². The highest BCUT2D eigenvalue weighted by Crippen LogP contribution is 2.39. The molecule has 2 unspecified atom stereocenters. The number of nitrogens with zero attached hydrogens (tertiary/aromatic N) is 1. The second-order valence-electron chi connectivity index (χ2n) is 7.80. The maximum absolute atomic E-state index is 13.1. The van der Waals surface area contributed by atoms with Crippen molar-refractivity contribution in [3.63, 3.8) is 0 Å². The Morgan fingerprint density at radius 2 is 1.79 bits per heavy atom. The van der Waals surface area contributed by atoms with Gasteiger partial charge in [0, 0.05) is 29.4 Å². The number of methoxy groups -OCH3 is 2. The van der Waals surface area contributed by atoms with Gasteiger partial charge in [-0.3, -0.25) is 4.90 Å². The molecule has 1 aliphatic rings. The lowest BCUT2D eigenvalue weighted by molar-refractivity contribution is -0.147. The number of benzene rings is 2. The van der Waals surface area contributed by atoms with Crippen LogP contribution in [-0.4, -0.2) is 57.8 Å². The molecule has 1 saturated heterocycles. The Morgan fingerprint density at radius 3 is 2.41 bits per heavy atom. The molecule has 34 heavy (non-hydrogen) atoms. The van der Waals surface area contributed by atoms with E-state index in [-0.39, 0.29) is 11.4 Å². The average Bonchev–Trinajstić information content (AvgIpc) is 2.81. The normalized spacial score (nSPS) is 18.9. The number of aryl methyl sites for hydroxylation is 1. The van der Waals surface area contributed by atoms with Gasteiger partial charge in [0.15, 0.2) is 0 Å². The molecular formula is C24H26ClNO6S2. The SMILES string of the molecule is COC(=O)C=C1CN(C(C(=O)OC)c2ccccc2Cl)CCC1SS(=O)(=O)c1ccc(C)cc1. The highest BCUT2D eigenvalue weighted by Gasteiger charge is 2.37. The third-order valence-corrected chi connectivity index (χ3v) is 9.78. The molecule has 0 saturated carbocycles. The molecule has 1 heterocycles. The molecule has 3 rings (SSSR count). The number of ether oxygens (including phenoxy) is 2. The molecule has 10 heteroatoms. The highest BCUT2D eigenvalue weighted by molar-refractivity contribution is 8.72. The molecule has 2 atom stereocenters. The molecule has 0 radical (unpaired) electrons. The number of rotatable bonds is 7. The molecule has 0 aliphatic carbocycles. The molecule has 1 fully saturated rings. The van der Waals surface area contributed by atoms with Gasteiger partial charge in [-0.25, -0.2) is 18.0 Å². The maximum Gasteiger partial charge on any atom is 0.330 e. The van der Waals surface area contributed by atoms with Crippen molar-refractivity contribution < 1.29 is 27.5 Å². The van der Waals surface area contributed by atoms with Gasteiger partial charge in [-0.1, -0.05) is 47.5 Å². The van der Waals surface area contributed by atoms with E-state index in [1.54, 1.807) is 48.5 Å². The zero-order valence-electron chi connectivity index (χ0n) is 19.1. The first-order chi connectivity index (χ1) is 16.2. The lowest BCUT2D eigenvalue weighted by atomic mass is 9.98. The van der Waals surface area contributed by atoms with E-state index in [1.165, 1.54) is 20.3 Å². The Morgan fingerprint density at radius 1 is 1.12 bits per heavy atom. The number of hydrogen-bond acceptors (Lipinski definition) is 8. The van der Waals surface area contributed by atoms with Crippen molar-refractivity contribution in [3.8, 4) is 0 Å². The van der Waals surface area contributed by atoms with E-state index in [0.29, 0.717) is 29.1 Å². The van der Waals surface area contributed by atoms with E-state index < -0.39 is 32.1 Å². The molecule has 0 aromatic heterocycles. The zero-order chi connectivity index (χ0) is 24.9. The van der Waals surface area contributed by atoms with Crippen LogP contribution in [0.5, 0.6) is 0 Å². The van der Waals surface area contributed by atoms with E-state index in [1.807, 2.05) is 11.8 Å². The molecule has 0 spiro atoms. The first kappa shape index (κ1) is 26.3. The van der Waals surface area contributed by atoms with Gasteiger partial charge in [0.1, 0.15) is 6.04 Å². The standard InChI is InChI=1S/C24H26ClNO6S2/c1-16-8-10-18(11-9-16)34(29,30)33-21-12-13-26(15-17(21)14-22(27)31-2)23(24(28)32-3)19-6-4-5-7-20(19)25/h4-11,14,21,23H,12-13,15H2,1-3H3. The van der Waals surface area contributed by atoms with Crippen LogP contribution in [0.3, 0.4) is 0 Å². The molecule has 0 N–H and O–H groups in total. The van der Waals surface area contributed by atoms with Crippen LogP contribution >= 0.6 is 22.4 Å². The van der Waals surface area contributed by atoms with Crippen molar-refractivity contribution in [1.29, 1.82) is 0 Å². The minimum Gasteiger partial charge on any atom is -0.468 e. The Bertz CT molecular complexity index is 1180. The lowest BCUT2D eigenvalue weighted by Crippen LogP contribution is -2.43. The summed E-state index contributed by atoms with van der Waals surface area (Å²) < 4.78 is 36.0. The number of esters is 2. The molecule has 2 aromatic carbocycles. The molecule has 1 aliphatic heterocycles. The zero-order valence-corrected chi connectivity index (χ0v) is 21.5. The van der Waals surface area contributed by atoms with Gasteiger partial charge in [0.2, 0.25) is 8.87 Å². The van der Waals surface area contributed by atoms with Crippen molar-refractivity contribution in [2.24, 2.45) is 0 Å². The summed E-state index contributed by atoms with van der Waals surface area (Å²) in [7, 11) is -0.325. The third-order valence-electron chi connectivity index (χ3n) is 5.52. The van der Waals surface area contributed by atoms with Crippen molar-refractivity contribution in [1.82, 2.24) is 4.90 Å². The highest BCUT2D eigenvalue weighted by atomic mass is 35.5. The lowest BCUT2D eigenvalue weighted by Gasteiger charge is -2.37. The number of hydrogen-bond donors (Lipinski definition) is 0. The molecular weight excluding hydrogens is 498 g/mol. The summed E-state index contributed by atoms with van der Waals surface area (Å²) in [4.78, 5) is 26.9. The minimum absolute atomic E-state index is 0.168. The van der Waals surface area contributed by atoms with Crippen LogP contribution in [0.15, 0.2) is 65.1 Å². The van der Waals surface area contributed by atoms with Gasteiger partial charge in [0.25, 0.3) is 0 Å². The summed E-state index contributed by atoms with van der Waals surface area (Å²) in [5, 5.41) is -0.0824. The second-order valence-corrected chi connectivity index (χ2v) is 12.2. The van der Waals surface area contributed by atoms with Crippen LogP contribution in [0.25, 0.3) is 0 Å². The Balaban J connectivity index is 1.92. The van der Waals surface area contributed by atoms with Crippen molar-refractivity contribution in [2.45, 2.75) is 29.5 Å². The summed E-state index contributed by atoms with van der Waals surface area (Å²) in [5.74, 6) is -1.09. The summed E-state index contributed by atoms with van der Waals surface area (Å²) in [6, 6.07) is 12.8. The monoisotopic (exact) mass is 523 g/mol. The van der Waals surface area contributed by atoms with E-state index in [2.05, 4.69) is 0 Å². The topological polar surface area (TPSA) is 90.0 Å². The number of carbonyl (C=O) groups excluding carboxylic acids is 2. The van der Waals surface area contributed by atoms with Gasteiger partial charge in [-0.2, -0.15) is 0 Å². The summed E-state index contributed by atoms with van der Waals surface area (Å²) in [5.41, 5.74) is 2.07. The van der Waals surface area contributed by atoms with Crippen molar-refractivity contribution in [2.75, 3.05) is 27.3 Å². The molecule has 7 nitrogen and oxygen atoms in total. The van der Waals surface area contributed by atoms with Gasteiger partial charge >= 0.3 is 11.9 Å². The molecule has 0 bridgehead atoms. The molecule has 0 amide bonds. The summed E-state index contributed by atoms with van der Waals surface area (Å²) in [6.45, 7) is 2.44. The fourth-order valence-corrected chi connectivity index (χ4v) is 7.59. The van der Waals surface area contributed by atoms with Crippen LogP contribution in [0, 0.1) is 6.92 Å². The van der Waals surface area contributed by atoms with Crippen LogP contribution in [-0.2, 0) is 27.9 Å². The minimum atomic E-state index is -3.68. The van der Waals surface area contributed by atoms with Crippen molar-refractivity contribution >= 4 is 43.2 Å². The van der Waals surface area contributed by atoms with Crippen LogP contribution in [0.4, 0.5) is 0 Å². The quantitative estimate of drug-likeness (QED) is 0.303. The predicted molar refractivity (Wildman–Crippen MR) is 132 cm³/mol. The third kappa shape index (κ3) is 6.21. The number of likely N-dealkylation sites (tertiary alicyclic amines) is 1. The number of piperidine rings is 1. The van der Waals surface area contributed by atoms with Crippen molar-refractivity contribution in [3.05, 3.63) is 76.3 Å². The van der Waals surface area contributed by atoms with Gasteiger partial charge < -0.3 is 9.47 Å². The van der Waals surface area contributed by atoms with Gasteiger partial charge in [0.05, 0.1) is 19.1 Å². The summed E-state index contributed by atoms with van der Waals surface area (Å²) >= 11 is 6.37. The fourth-order valence-electron chi connectivity index (χ4n) is 3.76. The maximum atomic E-state index is 13.1. The Kier molecular flexibility index (Phi) is 8.81.